The molecule has 2 aliphatic rings. The van der Waals surface area contributed by atoms with Gasteiger partial charge in [0.25, 0.3) is 0 Å². The Balaban J connectivity index is 1.58. The van der Waals surface area contributed by atoms with Crippen molar-refractivity contribution in [1.82, 2.24) is 14.9 Å². The van der Waals surface area contributed by atoms with E-state index in [1.165, 1.54) is 44.3 Å². The Hall–Kier alpha value is -1.16. The number of aromatic nitrogens is 2. The maximum absolute atomic E-state index is 4.67. The van der Waals surface area contributed by atoms with Crippen LogP contribution >= 0.6 is 0 Å². The number of likely N-dealkylation sites (tertiary alicyclic amines) is 1. The highest BCUT2D eigenvalue weighted by Crippen LogP contribution is 2.29. The Bertz CT molecular complexity index is 454. The zero-order valence-electron chi connectivity index (χ0n) is 14.3. The quantitative estimate of drug-likeness (QED) is 0.858. The number of nitrogens with zero attached hydrogens (tertiary/aromatic N) is 4. The molecule has 4 heteroatoms. The molecule has 1 aromatic heterocycles. The second kappa shape index (κ2) is 6.95. The molecule has 122 valence electrons. The van der Waals surface area contributed by atoms with Gasteiger partial charge in [0, 0.05) is 25.5 Å². The van der Waals surface area contributed by atoms with Gasteiger partial charge < -0.3 is 9.80 Å². The molecule has 3 rings (SSSR count). The molecule has 2 saturated heterocycles. The van der Waals surface area contributed by atoms with Gasteiger partial charge in [0.05, 0.1) is 0 Å². The third-order valence-electron chi connectivity index (χ3n) is 5.61. The van der Waals surface area contributed by atoms with E-state index in [-0.39, 0.29) is 0 Å². The van der Waals surface area contributed by atoms with Crippen molar-refractivity contribution in [2.24, 2.45) is 11.8 Å². The molecule has 0 aliphatic carbocycles. The van der Waals surface area contributed by atoms with Crippen LogP contribution in [-0.2, 0) is 0 Å². The molecule has 0 saturated carbocycles. The summed E-state index contributed by atoms with van der Waals surface area (Å²) in [6.45, 7) is 9.28. The summed E-state index contributed by atoms with van der Waals surface area (Å²) >= 11 is 0. The largest absolute Gasteiger partial charge is 0.341 e. The average Bonchev–Trinajstić information content (AvgIpc) is 2.56. The number of rotatable bonds is 3. The molecule has 2 fully saturated rings. The third-order valence-corrected chi connectivity index (χ3v) is 5.61. The zero-order valence-corrected chi connectivity index (χ0v) is 14.3. The molecule has 0 bridgehead atoms. The summed E-state index contributed by atoms with van der Waals surface area (Å²) in [6, 6.07) is 0. The summed E-state index contributed by atoms with van der Waals surface area (Å²) in [5, 5.41) is 0. The number of piperidine rings is 2. The second-order valence-electron chi connectivity index (χ2n) is 7.46. The monoisotopic (exact) mass is 302 g/mol. The number of hydrogen-bond donors (Lipinski definition) is 0. The first kappa shape index (κ1) is 15.7. The van der Waals surface area contributed by atoms with E-state index < -0.39 is 0 Å². The van der Waals surface area contributed by atoms with Crippen molar-refractivity contribution in [2.75, 3.05) is 38.1 Å². The van der Waals surface area contributed by atoms with E-state index in [1.54, 1.807) is 0 Å². The Labute approximate surface area is 134 Å². The molecule has 22 heavy (non-hydrogen) atoms. The van der Waals surface area contributed by atoms with Crippen LogP contribution in [0.25, 0.3) is 0 Å². The van der Waals surface area contributed by atoms with Crippen molar-refractivity contribution < 1.29 is 0 Å². The van der Waals surface area contributed by atoms with Crippen molar-refractivity contribution in [1.29, 1.82) is 0 Å². The third kappa shape index (κ3) is 3.60. The van der Waals surface area contributed by atoms with Crippen molar-refractivity contribution in [3.8, 4) is 0 Å². The molecule has 4 nitrogen and oxygen atoms in total. The zero-order chi connectivity index (χ0) is 15.5. The summed E-state index contributed by atoms with van der Waals surface area (Å²) in [5.74, 6) is 3.25. The minimum Gasteiger partial charge on any atom is -0.341 e. The van der Waals surface area contributed by atoms with Crippen molar-refractivity contribution >= 4 is 5.95 Å². The van der Waals surface area contributed by atoms with Crippen LogP contribution in [0, 0.1) is 11.8 Å². The summed E-state index contributed by atoms with van der Waals surface area (Å²) in [6.07, 6.45) is 9.17. The lowest BCUT2D eigenvalue weighted by molar-refractivity contribution is 0.255. The van der Waals surface area contributed by atoms with Gasteiger partial charge in [-0.15, -0.1) is 0 Å². The Morgan fingerprint density at radius 1 is 0.955 bits per heavy atom. The van der Waals surface area contributed by atoms with Crippen LogP contribution in [0.4, 0.5) is 5.95 Å². The van der Waals surface area contributed by atoms with Gasteiger partial charge >= 0.3 is 0 Å². The lowest BCUT2D eigenvalue weighted by Gasteiger charge is -2.34. The summed E-state index contributed by atoms with van der Waals surface area (Å²) in [7, 11) is 2.20. The first-order chi connectivity index (χ1) is 10.6. The van der Waals surface area contributed by atoms with Crippen LogP contribution in [0.15, 0.2) is 12.4 Å². The molecule has 0 amide bonds. The number of hydrogen-bond acceptors (Lipinski definition) is 4. The maximum atomic E-state index is 4.67. The molecular weight excluding hydrogens is 272 g/mol. The molecule has 0 atom stereocenters. The molecule has 3 heterocycles. The van der Waals surface area contributed by atoms with Crippen LogP contribution in [0.5, 0.6) is 0 Å². The highest BCUT2D eigenvalue weighted by atomic mass is 15.2. The summed E-state index contributed by atoms with van der Waals surface area (Å²) in [5.41, 5.74) is 1.33. The second-order valence-corrected chi connectivity index (χ2v) is 7.46. The van der Waals surface area contributed by atoms with Gasteiger partial charge in [0.15, 0.2) is 0 Å². The highest BCUT2D eigenvalue weighted by molar-refractivity contribution is 5.31. The Morgan fingerprint density at radius 3 is 2.09 bits per heavy atom. The lowest BCUT2D eigenvalue weighted by Crippen LogP contribution is -2.36. The van der Waals surface area contributed by atoms with Gasteiger partial charge in [-0.1, -0.05) is 13.8 Å². The molecule has 0 N–H and O–H groups in total. The smallest absolute Gasteiger partial charge is 0.225 e. The first-order valence-corrected chi connectivity index (χ1v) is 8.89. The molecular formula is C18H30N4. The van der Waals surface area contributed by atoms with Gasteiger partial charge in [-0.3, -0.25) is 0 Å². The van der Waals surface area contributed by atoms with Crippen LogP contribution < -0.4 is 4.90 Å². The van der Waals surface area contributed by atoms with Crippen molar-refractivity contribution in [2.45, 2.75) is 45.4 Å². The molecule has 1 aromatic rings. The average molecular weight is 302 g/mol. The van der Waals surface area contributed by atoms with E-state index in [4.69, 9.17) is 0 Å². The number of anilines is 1. The molecule has 0 spiro atoms. The van der Waals surface area contributed by atoms with Crippen molar-refractivity contribution in [3.05, 3.63) is 18.0 Å². The fraction of sp³-hybridized carbons (Fsp3) is 0.778. The standard InChI is InChI=1S/C18H30N4/c1-14(2)15-6-10-22(11-7-15)18-19-12-17(13-20-18)16-4-8-21(3)9-5-16/h12-16H,4-11H2,1-3H3. The summed E-state index contributed by atoms with van der Waals surface area (Å²) in [4.78, 5) is 14.1. The predicted octanol–water partition coefficient (Wildman–Crippen LogP) is 3.16. The van der Waals surface area contributed by atoms with Crippen LogP contribution in [-0.4, -0.2) is 48.1 Å². The Morgan fingerprint density at radius 2 is 1.55 bits per heavy atom. The van der Waals surface area contributed by atoms with E-state index in [0.29, 0.717) is 5.92 Å². The highest BCUT2D eigenvalue weighted by Gasteiger charge is 2.24. The van der Waals surface area contributed by atoms with Gasteiger partial charge in [0.2, 0.25) is 5.95 Å². The van der Waals surface area contributed by atoms with Gasteiger partial charge in [-0.2, -0.15) is 0 Å². The van der Waals surface area contributed by atoms with Gasteiger partial charge in [-0.05, 0) is 69.1 Å². The molecule has 0 radical (unpaired) electrons. The predicted molar refractivity (Wildman–Crippen MR) is 91.3 cm³/mol. The Kier molecular flexibility index (Phi) is 4.97. The normalized spacial score (nSPS) is 22.5. The minimum atomic E-state index is 0.650. The molecule has 0 aromatic carbocycles. The SMILES string of the molecule is CC(C)C1CCN(c2ncc(C3CCN(C)CC3)cn2)CC1. The topological polar surface area (TPSA) is 32.3 Å². The van der Waals surface area contributed by atoms with E-state index in [9.17, 15) is 0 Å². The molecule has 2 aliphatic heterocycles. The van der Waals surface area contributed by atoms with Gasteiger partial charge in [0.1, 0.15) is 0 Å². The van der Waals surface area contributed by atoms with Crippen LogP contribution in [0.2, 0.25) is 0 Å². The van der Waals surface area contributed by atoms with Crippen LogP contribution in [0.3, 0.4) is 0 Å². The van der Waals surface area contributed by atoms with E-state index in [1.807, 2.05) is 0 Å². The van der Waals surface area contributed by atoms with E-state index in [2.05, 4.69) is 53.1 Å². The molecule has 0 unspecified atom stereocenters. The maximum Gasteiger partial charge on any atom is 0.225 e. The van der Waals surface area contributed by atoms with Crippen molar-refractivity contribution in [3.63, 3.8) is 0 Å². The van der Waals surface area contributed by atoms with E-state index in [0.717, 1.165) is 30.9 Å². The fourth-order valence-electron chi connectivity index (χ4n) is 3.81. The van der Waals surface area contributed by atoms with Crippen LogP contribution in [0.1, 0.15) is 51.0 Å². The lowest BCUT2D eigenvalue weighted by atomic mass is 9.87. The summed E-state index contributed by atoms with van der Waals surface area (Å²) < 4.78 is 0. The minimum absolute atomic E-state index is 0.650. The first-order valence-electron chi connectivity index (χ1n) is 8.89. The van der Waals surface area contributed by atoms with Gasteiger partial charge in [-0.25, -0.2) is 9.97 Å². The fourth-order valence-corrected chi connectivity index (χ4v) is 3.81. The van der Waals surface area contributed by atoms with E-state index >= 15 is 0 Å².